The molecule has 2 N–H and O–H groups in total. The van der Waals surface area contributed by atoms with E-state index in [0.29, 0.717) is 12.6 Å². The Balaban J connectivity index is 2.13. The van der Waals surface area contributed by atoms with Gasteiger partial charge in [0.05, 0.1) is 18.4 Å². The van der Waals surface area contributed by atoms with Gasteiger partial charge >= 0.3 is 0 Å². The molecule has 0 saturated carbocycles. The molecular weight excluding hydrogens is 234 g/mol. The van der Waals surface area contributed by atoms with Gasteiger partial charge in [-0.2, -0.15) is 0 Å². The molecule has 1 aliphatic heterocycles. The van der Waals surface area contributed by atoms with E-state index in [2.05, 4.69) is 18.7 Å². The summed E-state index contributed by atoms with van der Waals surface area (Å²) in [6, 6.07) is 0. The highest BCUT2D eigenvalue weighted by molar-refractivity contribution is 7.15. The number of hydrogen-bond acceptors (Lipinski definition) is 5. The molecule has 1 aromatic heterocycles. The summed E-state index contributed by atoms with van der Waals surface area (Å²) in [6.07, 6.45) is 2.37. The topological polar surface area (TPSA) is 51.4 Å². The van der Waals surface area contributed by atoms with E-state index >= 15 is 0 Å². The van der Waals surface area contributed by atoms with Gasteiger partial charge in [-0.15, -0.1) is 11.3 Å². The van der Waals surface area contributed by atoms with Crippen LogP contribution in [0.4, 0.5) is 5.13 Å². The molecule has 2 rings (SSSR count). The molecule has 1 fully saturated rings. The van der Waals surface area contributed by atoms with Crippen molar-refractivity contribution in [3.8, 4) is 0 Å². The molecule has 0 amide bonds. The van der Waals surface area contributed by atoms with Crippen molar-refractivity contribution in [1.29, 1.82) is 0 Å². The highest BCUT2D eigenvalue weighted by atomic mass is 32.1. The summed E-state index contributed by atoms with van der Waals surface area (Å²) in [7, 11) is 0. The summed E-state index contributed by atoms with van der Waals surface area (Å²) in [4.78, 5) is 8.26. The van der Waals surface area contributed by atoms with E-state index in [1.54, 1.807) is 11.3 Å². The molecule has 0 aliphatic carbocycles. The largest absolute Gasteiger partial charge is 0.375 e. The van der Waals surface area contributed by atoms with Crippen LogP contribution in [0.1, 0.15) is 30.8 Å². The average Bonchev–Trinajstić information content (AvgIpc) is 2.82. The number of thiazole rings is 1. The van der Waals surface area contributed by atoms with Crippen molar-refractivity contribution in [2.75, 3.05) is 24.6 Å². The van der Waals surface area contributed by atoms with E-state index in [1.807, 2.05) is 0 Å². The lowest BCUT2D eigenvalue weighted by molar-refractivity contribution is 0.0384. The number of anilines is 1. The molecule has 1 aliphatic rings. The van der Waals surface area contributed by atoms with Gasteiger partial charge in [-0.1, -0.05) is 13.8 Å². The molecule has 4 nitrogen and oxygen atoms in total. The highest BCUT2D eigenvalue weighted by Gasteiger charge is 2.22. The number of hydrogen-bond donors (Lipinski definition) is 1. The molecule has 17 heavy (non-hydrogen) atoms. The number of aromatic nitrogens is 1. The van der Waals surface area contributed by atoms with Crippen molar-refractivity contribution >= 4 is 16.5 Å². The Bertz CT molecular complexity index is 345. The molecule has 0 bridgehead atoms. The summed E-state index contributed by atoms with van der Waals surface area (Å²) in [5.74, 6) is 0. The zero-order valence-electron chi connectivity index (χ0n) is 10.6. The molecule has 1 saturated heterocycles. The minimum absolute atomic E-state index is 0.346. The lowest BCUT2D eigenvalue weighted by atomic mass is 10.2. The third-order valence-corrected chi connectivity index (χ3v) is 4.33. The predicted octanol–water partition coefficient (Wildman–Crippen LogP) is 1.78. The van der Waals surface area contributed by atoms with Gasteiger partial charge < -0.3 is 15.4 Å². The number of aryl methyl sites for hydroxylation is 1. The van der Waals surface area contributed by atoms with Crippen LogP contribution >= 0.6 is 11.3 Å². The van der Waals surface area contributed by atoms with Gasteiger partial charge in [-0.05, 0) is 12.8 Å². The van der Waals surface area contributed by atoms with Crippen molar-refractivity contribution in [2.45, 2.75) is 39.3 Å². The normalized spacial score (nSPS) is 20.9. The number of nitrogens with two attached hydrogens (primary N) is 1. The fourth-order valence-electron chi connectivity index (χ4n) is 2.08. The van der Waals surface area contributed by atoms with Gasteiger partial charge in [-0.3, -0.25) is 0 Å². The van der Waals surface area contributed by atoms with Gasteiger partial charge in [0.2, 0.25) is 0 Å². The third-order valence-electron chi connectivity index (χ3n) is 3.15. The van der Waals surface area contributed by atoms with E-state index in [4.69, 9.17) is 15.5 Å². The fourth-order valence-corrected chi connectivity index (χ4v) is 3.14. The molecule has 0 aromatic carbocycles. The first-order valence-electron chi connectivity index (χ1n) is 6.33. The van der Waals surface area contributed by atoms with E-state index in [-0.39, 0.29) is 0 Å². The summed E-state index contributed by atoms with van der Waals surface area (Å²) >= 11 is 1.74. The lowest BCUT2D eigenvalue weighted by Crippen LogP contribution is -2.42. The van der Waals surface area contributed by atoms with Crippen molar-refractivity contribution < 1.29 is 4.74 Å². The second kappa shape index (κ2) is 5.80. The zero-order chi connectivity index (χ0) is 12.3. The van der Waals surface area contributed by atoms with E-state index in [0.717, 1.165) is 43.4 Å². The lowest BCUT2D eigenvalue weighted by Gasteiger charge is -2.32. The maximum absolute atomic E-state index is 5.75. The molecule has 0 radical (unpaired) electrons. The molecule has 1 aromatic rings. The molecule has 1 unspecified atom stereocenters. The van der Waals surface area contributed by atoms with Crippen molar-refractivity contribution in [3.05, 3.63) is 10.6 Å². The van der Waals surface area contributed by atoms with Crippen LogP contribution in [0.5, 0.6) is 0 Å². The van der Waals surface area contributed by atoms with Crippen LogP contribution in [0, 0.1) is 0 Å². The van der Waals surface area contributed by atoms with Crippen LogP contribution < -0.4 is 10.6 Å². The van der Waals surface area contributed by atoms with Crippen LogP contribution in [-0.2, 0) is 17.7 Å². The zero-order valence-corrected chi connectivity index (χ0v) is 11.4. The van der Waals surface area contributed by atoms with Crippen molar-refractivity contribution in [1.82, 2.24) is 4.98 Å². The summed E-state index contributed by atoms with van der Waals surface area (Å²) < 4.78 is 5.68. The van der Waals surface area contributed by atoms with E-state index < -0.39 is 0 Å². The first-order valence-corrected chi connectivity index (χ1v) is 7.15. The van der Waals surface area contributed by atoms with Crippen LogP contribution in [0.2, 0.25) is 0 Å². The predicted molar refractivity (Wildman–Crippen MR) is 71.6 cm³/mol. The third kappa shape index (κ3) is 2.78. The molecular formula is C12H21N3OS. The number of rotatable bonds is 4. The Hall–Kier alpha value is -0.650. The Labute approximate surface area is 107 Å². The minimum Gasteiger partial charge on any atom is -0.375 e. The second-order valence-corrected chi connectivity index (χ2v) is 5.33. The first kappa shape index (κ1) is 12.8. The maximum Gasteiger partial charge on any atom is 0.185 e. The summed E-state index contributed by atoms with van der Waals surface area (Å²) in [5, 5.41) is 1.11. The summed E-state index contributed by atoms with van der Waals surface area (Å²) in [6.45, 7) is 7.60. The van der Waals surface area contributed by atoms with E-state index in [9.17, 15) is 0 Å². The smallest absolute Gasteiger partial charge is 0.185 e. The van der Waals surface area contributed by atoms with Gasteiger partial charge in [-0.25, -0.2) is 4.98 Å². The molecule has 0 spiro atoms. The number of morpholine rings is 1. The Morgan fingerprint density at radius 2 is 2.35 bits per heavy atom. The first-order chi connectivity index (χ1) is 8.28. The minimum atomic E-state index is 0.346. The van der Waals surface area contributed by atoms with Crippen LogP contribution in [0.15, 0.2) is 0 Å². The van der Waals surface area contributed by atoms with Gasteiger partial charge in [0.25, 0.3) is 0 Å². The average molecular weight is 255 g/mol. The number of nitrogens with zero attached hydrogens (tertiary/aromatic N) is 2. The second-order valence-electron chi connectivity index (χ2n) is 4.27. The Morgan fingerprint density at radius 1 is 1.53 bits per heavy atom. The highest BCUT2D eigenvalue weighted by Crippen LogP contribution is 2.28. The van der Waals surface area contributed by atoms with Crippen LogP contribution in [0.3, 0.4) is 0 Å². The van der Waals surface area contributed by atoms with Crippen LogP contribution in [-0.4, -0.2) is 30.8 Å². The maximum atomic E-state index is 5.75. The number of ether oxygens (including phenoxy) is 1. The Morgan fingerprint density at radius 3 is 2.94 bits per heavy atom. The molecule has 1 atom stereocenters. The van der Waals surface area contributed by atoms with Gasteiger partial charge in [0, 0.05) is 24.5 Å². The summed E-state index contributed by atoms with van der Waals surface area (Å²) in [5.41, 5.74) is 6.91. The van der Waals surface area contributed by atoms with Gasteiger partial charge in [0.15, 0.2) is 5.13 Å². The van der Waals surface area contributed by atoms with Gasteiger partial charge in [0.1, 0.15) is 0 Å². The van der Waals surface area contributed by atoms with Crippen LogP contribution in [0.25, 0.3) is 0 Å². The molecule has 96 valence electrons. The standard InChI is InChI=1S/C12H21N3OS/c1-3-9-8-15(5-6-16-9)12-14-10(4-2)11(7-13)17-12/h9H,3-8,13H2,1-2H3. The SMILES string of the molecule is CCc1nc(N2CCOC(CC)C2)sc1CN. The molecule has 5 heteroatoms. The van der Waals surface area contributed by atoms with Crippen molar-refractivity contribution in [3.63, 3.8) is 0 Å². The quantitative estimate of drug-likeness (QED) is 0.891. The fraction of sp³-hybridized carbons (Fsp3) is 0.750. The van der Waals surface area contributed by atoms with Crippen molar-refractivity contribution in [2.24, 2.45) is 5.73 Å². The Kier molecular flexibility index (Phi) is 4.36. The molecule has 2 heterocycles. The van der Waals surface area contributed by atoms with E-state index in [1.165, 1.54) is 4.88 Å². The monoisotopic (exact) mass is 255 g/mol.